The van der Waals surface area contributed by atoms with Crippen LogP contribution in [0.25, 0.3) is 0 Å². The van der Waals surface area contributed by atoms with Gasteiger partial charge >= 0.3 is 0 Å². The average Bonchev–Trinajstić information content (AvgIpc) is 3.20. The first-order chi connectivity index (χ1) is 13.2. The minimum Gasteiger partial charge on any atom is -0.496 e. The second kappa shape index (κ2) is 7.48. The molecule has 0 bridgehead atoms. The van der Waals surface area contributed by atoms with Crippen LogP contribution in [0, 0.1) is 0 Å². The zero-order chi connectivity index (χ0) is 18.7. The molecule has 0 spiro atoms. The van der Waals surface area contributed by atoms with E-state index in [-0.39, 0.29) is 11.3 Å². The summed E-state index contributed by atoms with van der Waals surface area (Å²) in [5, 5.41) is 7.40. The van der Waals surface area contributed by atoms with E-state index in [1.807, 2.05) is 18.2 Å². The highest BCUT2D eigenvalue weighted by molar-refractivity contribution is 7.05. The van der Waals surface area contributed by atoms with E-state index in [0.717, 1.165) is 25.0 Å². The van der Waals surface area contributed by atoms with Crippen LogP contribution in [0.15, 0.2) is 54.6 Å². The number of amides is 1. The van der Waals surface area contributed by atoms with Crippen molar-refractivity contribution in [2.45, 2.75) is 24.7 Å². The van der Waals surface area contributed by atoms with Crippen molar-refractivity contribution in [1.82, 2.24) is 14.9 Å². The molecule has 1 atom stereocenters. The number of carbonyl (C=O) groups is 1. The third-order valence-corrected chi connectivity index (χ3v) is 6.06. The number of hydrogen-bond acceptors (Lipinski definition) is 5. The van der Waals surface area contributed by atoms with Crippen LogP contribution in [0.2, 0.25) is 0 Å². The van der Waals surface area contributed by atoms with Gasteiger partial charge in [0.2, 0.25) is 0 Å². The Hall–Kier alpha value is -2.73. The minimum atomic E-state index is -0.153. The summed E-state index contributed by atoms with van der Waals surface area (Å²) in [5.41, 5.74) is 2.74. The zero-order valence-electron chi connectivity index (χ0n) is 15.1. The number of nitrogens with zero attached hydrogens (tertiary/aromatic N) is 2. The van der Waals surface area contributed by atoms with E-state index in [1.54, 1.807) is 19.2 Å². The number of nitrogens with one attached hydrogen (secondary N) is 1. The standard InChI is InChI=1S/C21H21N3O2S/c1-26-18-10-6-5-9-16(18)20(25)22-14-21(15-7-3-2-4-8-15)12-11-17-19(13-21)27-24-23-17/h2-10H,11-14H2,1H3,(H,22,25). The third-order valence-electron chi connectivity index (χ3n) is 5.30. The van der Waals surface area contributed by atoms with E-state index in [9.17, 15) is 4.79 Å². The van der Waals surface area contributed by atoms with Crippen LogP contribution in [0.1, 0.15) is 32.9 Å². The number of benzene rings is 2. The number of aromatic nitrogens is 2. The molecule has 1 unspecified atom stereocenters. The molecule has 1 N–H and O–H groups in total. The van der Waals surface area contributed by atoms with Gasteiger partial charge in [-0.2, -0.15) is 0 Å². The van der Waals surface area contributed by atoms with Crippen molar-refractivity contribution >= 4 is 17.4 Å². The first-order valence-electron chi connectivity index (χ1n) is 8.99. The molecule has 1 amide bonds. The fraction of sp³-hybridized carbons (Fsp3) is 0.286. The topological polar surface area (TPSA) is 64.1 Å². The van der Waals surface area contributed by atoms with Gasteiger partial charge in [-0.25, -0.2) is 0 Å². The molecule has 1 aliphatic carbocycles. The van der Waals surface area contributed by atoms with Crippen molar-refractivity contribution in [3.8, 4) is 5.75 Å². The second-order valence-electron chi connectivity index (χ2n) is 6.85. The van der Waals surface area contributed by atoms with Gasteiger partial charge in [0, 0.05) is 16.8 Å². The van der Waals surface area contributed by atoms with E-state index in [0.29, 0.717) is 17.9 Å². The Kier molecular flexibility index (Phi) is 4.90. The first-order valence-corrected chi connectivity index (χ1v) is 9.76. The quantitative estimate of drug-likeness (QED) is 0.738. The van der Waals surface area contributed by atoms with Gasteiger partial charge in [-0.1, -0.05) is 47.0 Å². The predicted molar refractivity (Wildman–Crippen MR) is 105 cm³/mol. The third kappa shape index (κ3) is 3.45. The molecular weight excluding hydrogens is 358 g/mol. The van der Waals surface area contributed by atoms with Crippen molar-refractivity contribution in [3.05, 3.63) is 76.3 Å². The molecule has 1 aromatic heterocycles. The van der Waals surface area contributed by atoms with Crippen molar-refractivity contribution in [3.63, 3.8) is 0 Å². The Morgan fingerprint density at radius 1 is 1.19 bits per heavy atom. The van der Waals surface area contributed by atoms with Crippen LogP contribution in [0.3, 0.4) is 0 Å². The van der Waals surface area contributed by atoms with Crippen molar-refractivity contribution < 1.29 is 9.53 Å². The normalized spacial score (nSPS) is 18.6. The van der Waals surface area contributed by atoms with Crippen molar-refractivity contribution in [2.24, 2.45) is 0 Å². The molecule has 0 fully saturated rings. The molecule has 4 rings (SSSR count). The lowest BCUT2D eigenvalue weighted by Gasteiger charge is -2.37. The molecule has 1 aliphatic rings. The Labute approximate surface area is 162 Å². The van der Waals surface area contributed by atoms with Crippen LogP contribution >= 0.6 is 11.5 Å². The summed E-state index contributed by atoms with van der Waals surface area (Å²) in [5.74, 6) is 0.470. The van der Waals surface area contributed by atoms with Gasteiger partial charge in [0.15, 0.2) is 0 Å². The molecule has 1 heterocycles. The van der Waals surface area contributed by atoms with Crippen LogP contribution in [0.4, 0.5) is 0 Å². The molecular formula is C21H21N3O2S. The lowest BCUT2D eigenvalue weighted by Crippen LogP contribution is -2.44. The zero-order valence-corrected chi connectivity index (χ0v) is 16.0. The van der Waals surface area contributed by atoms with Crippen LogP contribution in [0.5, 0.6) is 5.75 Å². The summed E-state index contributed by atoms with van der Waals surface area (Å²) < 4.78 is 9.44. The average molecular weight is 379 g/mol. The molecule has 0 radical (unpaired) electrons. The highest BCUT2D eigenvalue weighted by Crippen LogP contribution is 2.39. The van der Waals surface area contributed by atoms with Gasteiger partial charge in [0.1, 0.15) is 5.75 Å². The van der Waals surface area contributed by atoms with E-state index < -0.39 is 0 Å². The maximum absolute atomic E-state index is 12.8. The molecule has 0 aliphatic heterocycles. The lowest BCUT2D eigenvalue weighted by atomic mass is 9.70. The summed E-state index contributed by atoms with van der Waals surface area (Å²) in [6, 6.07) is 17.7. The monoisotopic (exact) mass is 379 g/mol. The Bertz CT molecular complexity index is 941. The highest BCUT2D eigenvalue weighted by atomic mass is 32.1. The van der Waals surface area contributed by atoms with E-state index in [2.05, 4.69) is 39.2 Å². The van der Waals surface area contributed by atoms with E-state index in [4.69, 9.17) is 4.74 Å². The Morgan fingerprint density at radius 2 is 1.96 bits per heavy atom. The largest absolute Gasteiger partial charge is 0.496 e. The summed E-state index contributed by atoms with van der Waals surface area (Å²) in [6.45, 7) is 0.561. The molecule has 5 nitrogen and oxygen atoms in total. The Morgan fingerprint density at radius 3 is 2.78 bits per heavy atom. The van der Waals surface area contributed by atoms with Crippen molar-refractivity contribution in [1.29, 1.82) is 0 Å². The molecule has 0 saturated heterocycles. The number of carbonyl (C=O) groups excluding carboxylic acids is 1. The Balaban J connectivity index is 1.60. The van der Waals surface area contributed by atoms with Gasteiger partial charge in [-0.05, 0) is 48.5 Å². The number of rotatable bonds is 5. The summed E-state index contributed by atoms with van der Waals surface area (Å²) in [7, 11) is 1.58. The summed E-state index contributed by atoms with van der Waals surface area (Å²) in [6.07, 6.45) is 2.66. The predicted octanol–water partition coefficient (Wildman–Crippen LogP) is 3.40. The summed E-state index contributed by atoms with van der Waals surface area (Å²) >= 11 is 1.47. The molecule has 2 aromatic carbocycles. The fourth-order valence-electron chi connectivity index (χ4n) is 3.77. The molecule has 27 heavy (non-hydrogen) atoms. The van der Waals surface area contributed by atoms with Crippen LogP contribution in [-0.2, 0) is 18.3 Å². The number of hydrogen-bond donors (Lipinski definition) is 1. The van der Waals surface area contributed by atoms with Gasteiger partial charge in [0.05, 0.1) is 18.4 Å². The maximum Gasteiger partial charge on any atom is 0.255 e. The number of methoxy groups -OCH3 is 1. The van der Waals surface area contributed by atoms with Gasteiger partial charge in [0.25, 0.3) is 5.91 Å². The van der Waals surface area contributed by atoms with Crippen LogP contribution < -0.4 is 10.1 Å². The van der Waals surface area contributed by atoms with Gasteiger partial charge < -0.3 is 10.1 Å². The number of ether oxygens (including phenoxy) is 1. The fourth-order valence-corrected chi connectivity index (χ4v) is 4.60. The number of fused-ring (bicyclic) bond motifs is 1. The molecule has 6 heteroatoms. The lowest BCUT2D eigenvalue weighted by molar-refractivity contribution is 0.0937. The van der Waals surface area contributed by atoms with Crippen LogP contribution in [-0.4, -0.2) is 29.1 Å². The second-order valence-corrected chi connectivity index (χ2v) is 7.69. The molecule has 138 valence electrons. The molecule has 3 aromatic rings. The van der Waals surface area contributed by atoms with E-state index in [1.165, 1.54) is 22.0 Å². The van der Waals surface area contributed by atoms with Gasteiger partial charge in [-0.3, -0.25) is 4.79 Å². The summed E-state index contributed by atoms with van der Waals surface area (Å²) in [4.78, 5) is 14.0. The van der Waals surface area contributed by atoms with Crippen molar-refractivity contribution in [2.75, 3.05) is 13.7 Å². The molecule has 0 saturated carbocycles. The number of aryl methyl sites for hydroxylation is 1. The van der Waals surface area contributed by atoms with Gasteiger partial charge in [-0.15, -0.1) is 5.10 Å². The first kappa shape index (κ1) is 17.7. The van der Waals surface area contributed by atoms with E-state index >= 15 is 0 Å². The SMILES string of the molecule is COc1ccccc1C(=O)NCC1(c2ccccc2)CCc2nnsc2C1. The highest BCUT2D eigenvalue weighted by Gasteiger charge is 2.38. The number of para-hydroxylation sites is 1. The smallest absolute Gasteiger partial charge is 0.255 e. The minimum absolute atomic E-state index is 0.115. The maximum atomic E-state index is 12.8.